The molecule has 0 aliphatic carbocycles. The molecule has 0 N–H and O–H groups in total. The molecule has 0 aliphatic rings. The summed E-state index contributed by atoms with van der Waals surface area (Å²) < 4.78 is 0. The van der Waals surface area contributed by atoms with Crippen molar-refractivity contribution in [2.75, 3.05) is 0 Å². The van der Waals surface area contributed by atoms with Crippen molar-refractivity contribution < 1.29 is 0 Å². The maximum Gasteiger partial charge on any atom is 0.194 e. The van der Waals surface area contributed by atoms with Gasteiger partial charge >= 0.3 is 0 Å². The van der Waals surface area contributed by atoms with Gasteiger partial charge in [-0.3, -0.25) is 9.59 Å². The molecule has 2 nitrogen and oxygen atoms in total. The predicted octanol–water partition coefficient (Wildman–Crippen LogP) is 6.20. The molecule has 0 fully saturated rings. The summed E-state index contributed by atoms with van der Waals surface area (Å²) in [4.78, 5) is 26.6. The summed E-state index contributed by atoms with van der Waals surface area (Å²) in [7, 11) is 0. The summed E-state index contributed by atoms with van der Waals surface area (Å²) in [5.74, 6) is 0. The number of hydrogen-bond acceptors (Lipinski definition) is 2. The molecule has 0 aromatic heterocycles. The van der Waals surface area contributed by atoms with Gasteiger partial charge in [-0.05, 0) is 55.9 Å². The SMILES string of the molecule is O=c1c2cc3c(ccc4ccccc43)cc2c2c1ccc1c3ccccc3c(=O)c12. The first-order valence-electron chi connectivity index (χ1n) is 10.0. The van der Waals surface area contributed by atoms with Crippen LogP contribution in [0, 0.1) is 0 Å². The lowest BCUT2D eigenvalue weighted by atomic mass is 9.99. The van der Waals surface area contributed by atoms with Gasteiger partial charge in [-0.15, -0.1) is 0 Å². The van der Waals surface area contributed by atoms with Crippen molar-refractivity contribution in [3.63, 3.8) is 0 Å². The van der Waals surface area contributed by atoms with Crippen LogP contribution in [-0.4, -0.2) is 0 Å². The third-order valence-corrected chi connectivity index (χ3v) is 6.54. The first-order valence-corrected chi connectivity index (χ1v) is 10.0. The summed E-state index contributed by atoms with van der Waals surface area (Å²) in [5, 5.41) is 10.7. The average Bonchev–Trinajstić information content (AvgIpc) is 3.24. The van der Waals surface area contributed by atoms with Crippen molar-refractivity contribution in [3.8, 4) is 0 Å². The van der Waals surface area contributed by atoms with Gasteiger partial charge in [0.25, 0.3) is 0 Å². The monoisotopic (exact) mass is 382 g/mol. The normalized spacial score (nSPS) is 12.3. The lowest BCUT2D eigenvalue weighted by Gasteiger charge is -2.04. The van der Waals surface area contributed by atoms with Gasteiger partial charge < -0.3 is 0 Å². The zero-order valence-electron chi connectivity index (χ0n) is 15.9. The average molecular weight is 382 g/mol. The van der Waals surface area contributed by atoms with Crippen LogP contribution in [0.3, 0.4) is 0 Å². The quantitative estimate of drug-likeness (QED) is 0.293. The van der Waals surface area contributed by atoms with E-state index in [1.54, 1.807) is 0 Å². The third kappa shape index (κ3) is 1.79. The van der Waals surface area contributed by atoms with E-state index >= 15 is 0 Å². The number of rotatable bonds is 0. The van der Waals surface area contributed by atoms with Gasteiger partial charge in [0.05, 0.1) is 0 Å². The predicted molar refractivity (Wildman–Crippen MR) is 126 cm³/mol. The Labute approximate surface area is 170 Å². The van der Waals surface area contributed by atoms with E-state index in [-0.39, 0.29) is 10.9 Å². The molecule has 30 heavy (non-hydrogen) atoms. The molecule has 7 aromatic rings. The van der Waals surface area contributed by atoms with Crippen LogP contribution in [-0.2, 0) is 0 Å². The fourth-order valence-corrected chi connectivity index (χ4v) is 5.18. The van der Waals surface area contributed by atoms with Crippen molar-refractivity contribution in [1.29, 1.82) is 0 Å². The summed E-state index contributed by atoms with van der Waals surface area (Å²) in [6.45, 7) is 0. The molecule has 0 heterocycles. The Balaban J connectivity index is 1.78. The first-order chi connectivity index (χ1) is 14.7. The Bertz CT molecular complexity index is 1930. The zero-order valence-corrected chi connectivity index (χ0v) is 15.9. The molecule has 0 amide bonds. The topological polar surface area (TPSA) is 34.1 Å². The van der Waals surface area contributed by atoms with E-state index in [4.69, 9.17) is 0 Å². The van der Waals surface area contributed by atoms with Crippen LogP contribution in [0.25, 0.3) is 64.6 Å². The molecule has 0 saturated heterocycles. The molecule has 0 unspecified atom stereocenters. The van der Waals surface area contributed by atoms with Gasteiger partial charge in [-0.2, -0.15) is 0 Å². The molecule has 0 spiro atoms. The fourth-order valence-electron chi connectivity index (χ4n) is 5.18. The van der Waals surface area contributed by atoms with E-state index in [1.165, 1.54) is 0 Å². The molecule has 138 valence electrons. The second-order valence-electron chi connectivity index (χ2n) is 8.02. The van der Waals surface area contributed by atoms with Gasteiger partial charge in [-0.1, -0.05) is 66.7 Å². The van der Waals surface area contributed by atoms with Gasteiger partial charge in [0.2, 0.25) is 0 Å². The van der Waals surface area contributed by atoms with E-state index in [0.29, 0.717) is 21.5 Å². The van der Waals surface area contributed by atoms with E-state index < -0.39 is 0 Å². The Kier molecular flexibility index (Phi) is 2.80. The standard InChI is InChI=1S/C28H14O2/c29-27-21-12-11-19-18-7-3-4-8-20(18)28(30)26(19)25(21)23-13-16-10-9-15-5-1-2-6-17(15)22(16)14-24(23)27/h1-14H. The van der Waals surface area contributed by atoms with Gasteiger partial charge in [-0.25, -0.2) is 0 Å². The highest BCUT2D eigenvalue weighted by Crippen LogP contribution is 2.37. The van der Waals surface area contributed by atoms with Gasteiger partial charge in [0.15, 0.2) is 10.9 Å². The molecule has 0 aliphatic heterocycles. The Morgan fingerprint density at radius 1 is 0.367 bits per heavy atom. The number of hydrogen-bond donors (Lipinski definition) is 0. The molecule has 7 aromatic carbocycles. The van der Waals surface area contributed by atoms with Crippen LogP contribution < -0.4 is 10.9 Å². The van der Waals surface area contributed by atoms with Crippen molar-refractivity contribution in [2.24, 2.45) is 0 Å². The second-order valence-corrected chi connectivity index (χ2v) is 8.02. The minimum Gasteiger partial charge on any atom is -0.289 e. The lowest BCUT2D eigenvalue weighted by Crippen LogP contribution is -1.96. The number of fused-ring (bicyclic) bond motifs is 10. The molecule has 0 bridgehead atoms. The van der Waals surface area contributed by atoms with Crippen molar-refractivity contribution >= 4 is 64.6 Å². The summed E-state index contributed by atoms with van der Waals surface area (Å²) in [5.41, 5.74) is 0.0121. The third-order valence-electron chi connectivity index (χ3n) is 6.54. The molecule has 2 heteroatoms. The van der Waals surface area contributed by atoms with Crippen LogP contribution in [0.1, 0.15) is 0 Å². The van der Waals surface area contributed by atoms with Crippen molar-refractivity contribution in [2.45, 2.75) is 0 Å². The maximum atomic E-state index is 13.3. The van der Waals surface area contributed by atoms with Crippen LogP contribution in [0.4, 0.5) is 0 Å². The second kappa shape index (κ2) is 5.31. The first kappa shape index (κ1) is 15.8. The van der Waals surface area contributed by atoms with Crippen LogP contribution >= 0.6 is 0 Å². The van der Waals surface area contributed by atoms with Gasteiger partial charge in [0, 0.05) is 26.9 Å². The highest BCUT2D eigenvalue weighted by atomic mass is 16.1. The number of benzene rings is 5. The van der Waals surface area contributed by atoms with E-state index in [1.807, 2.05) is 54.6 Å². The highest BCUT2D eigenvalue weighted by molar-refractivity contribution is 6.30. The van der Waals surface area contributed by atoms with Crippen molar-refractivity contribution in [3.05, 3.63) is 105 Å². The van der Waals surface area contributed by atoms with Crippen LogP contribution in [0.5, 0.6) is 0 Å². The fraction of sp³-hybridized carbons (Fsp3) is 0. The highest BCUT2D eigenvalue weighted by Gasteiger charge is 2.19. The zero-order chi connectivity index (χ0) is 20.0. The van der Waals surface area contributed by atoms with E-state index in [2.05, 4.69) is 30.3 Å². The Hall–Kier alpha value is -4.04. The lowest BCUT2D eigenvalue weighted by molar-refractivity contribution is 1.79. The largest absolute Gasteiger partial charge is 0.289 e. The smallest absolute Gasteiger partial charge is 0.194 e. The van der Waals surface area contributed by atoms with Gasteiger partial charge in [0.1, 0.15) is 0 Å². The summed E-state index contributed by atoms with van der Waals surface area (Å²) in [6.07, 6.45) is 0. The van der Waals surface area contributed by atoms with Crippen LogP contribution in [0.15, 0.2) is 94.5 Å². The van der Waals surface area contributed by atoms with Crippen LogP contribution in [0.2, 0.25) is 0 Å². The molecular formula is C28H14O2. The molecule has 0 radical (unpaired) electrons. The molecule has 7 rings (SSSR count). The van der Waals surface area contributed by atoms with Crippen molar-refractivity contribution in [1.82, 2.24) is 0 Å². The minimum absolute atomic E-state index is 0.00129. The van der Waals surface area contributed by atoms with E-state index in [9.17, 15) is 9.59 Å². The maximum absolute atomic E-state index is 13.3. The molecular weight excluding hydrogens is 368 g/mol. The molecule has 0 atom stereocenters. The summed E-state index contributed by atoms with van der Waals surface area (Å²) >= 11 is 0. The molecule has 0 saturated carbocycles. The summed E-state index contributed by atoms with van der Waals surface area (Å²) in [6, 6.07) is 28.0. The van der Waals surface area contributed by atoms with E-state index in [0.717, 1.165) is 43.1 Å². The Morgan fingerprint density at radius 2 is 1.07 bits per heavy atom. The Morgan fingerprint density at radius 3 is 1.93 bits per heavy atom. The minimum atomic E-state index is 0.00129.